The van der Waals surface area contributed by atoms with Gasteiger partial charge in [0.25, 0.3) is 5.91 Å². The Morgan fingerprint density at radius 1 is 1.19 bits per heavy atom. The molecule has 258 valence electrons. The molecule has 4 aliphatic rings. The summed E-state index contributed by atoms with van der Waals surface area (Å²) in [6, 6.07) is 0.919. The fourth-order valence-electron chi connectivity index (χ4n) is 6.11. The number of sulfonamides is 1. The molecule has 2 aliphatic heterocycles. The standard InChI is InChI=1S/C32H46N6O8S/c1-5-45-26-18-22(13-16-33-26)46-23-17-25-27(39)35-32(29(41)36-47(43,44)31(2)14-15-31)19-21(32)11-9-7-6-8-10-12-24(28(40)38(25)20-23)34-30(42)37(3)4/h9,11,13,16,18,21,23-25H,5-8,10,12,14-15,17,19-20H2,1-4H3,(H,34,42)(H,35,39)(H,36,41). The van der Waals surface area contributed by atoms with Crippen LogP contribution in [0, 0.1) is 5.92 Å². The van der Waals surface area contributed by atoms with Crippen LogP contribution in [0.5, 0.6) is 11.6 Å². The van der Waals surface area contributed by atoms with E-state index >= 15 is 0 Å². The molecule has 15 heteroatoms. The van der Waals surface area contributed by atoms with Gasteiger partial charge in [0, 0.05) is 38.7 Å². The number of allylic oxidation sites excluding steroid dienone is 1. The van der Waals surface area contributed by atoms with E-state index in [9.17, 15) is 27.6 Å². The van der Waals surface area contributed by atoms with E-state index in [2.05, 4.69) is 20.3 Å². The fourth-order valence-corrected chi connectivity index (χ4v) is 7.42. The Balaban J connectivity index is 1.44. The monoisotopic (exact) mass is 674 g/mol. The van der Waals surface area contributed by atoms with Gasteiger partial charge in [-0.3, -0.25) is 19.1 Å². The van der Waals surface area contributed by atoms with Crippen LogP contribution in [-0.2, 0) is 24.4 Å². The van der Waals surface area contributed by atoms with E-state index in [1.807, 2.05) is 19.1 Å². The molecule has 3 N–H and O–H groups in total. The molecule has 5 rings (SSSR count). The number of nitrogens with zero attached hydrogens (tertiary/aromatic N) is 3. The third-order valence-electron chi connectivity index (χ3n) is 9.48. The Morgan fingerprint density at radius 3 is 2.66 bits per heavy atom. The Hall–Kier alpha value is -3.88. The van der Waals surface area contributed by atoms with Crippen LogP contribution in [0.3, 0.4) is 0 Å². The van der Waals surface area contributed by atoms with Crippen LogP contribution in [0.2, 0.25) is 0 Å². The predicted octanol–water partition coefficient (Wildman–Crippen LogP) is 1.86. The summed E-state index contributed by atoms with van der Waals surface area (Å²) in [5, 5.41) is 5.68. The van der Waals surface area contributed by atoms with Gasteiger partial charge in [0.1, 0.15) is 29.5 Å². The van der Waals surface area contributed by atoms with Crippen LogP contribution in [0.1, 0.15) is 71.6 Å². The molecule has 2 aliphatic carbocycles. The molecule has 5 amide bonds. The molecule has 1 aromatic rings. The summed E-state index contributed by atoms with van der Waals surface area (Å²) in [5.74, 6) is -1.39. The molecule has 2 saturated carbocycles. The molecule has 1 saturated heterocycles. The molecule has 5 unspecified atom stereocenters. The maximum atomic E-state index is 14.2. The number of rotatable bonds is 8. The lowest BCUT2D eigenvalue weighted by Crippen LogP contribution is -2.59. The molecule has 0 radical (unpaired) electrons. The minimum Gasteiger partial charge on any atom is -0.488 e. The second-order valence-electron chi connectivity index (χ2n) is 13.4. The summed E-state index contributed by atoms with van der Waals surface area (Å²) in [7, 11) is -0.785. The van der Waals surface area contributed by atoms with E-state index in [4.69, 9.17) is 9.47 Å². The fraction of sp³-hybridized carbons (Fsp3) is 0.656. The SMILES string of the molecule is CCOc1cc(OC2CC3C(=O)NC4(C(=O)NS(=O)(=O)C5(C)CC5)CC4C=CCCCCCC(NC(=O)N(C)C)C(=O)N3C2)ccn1. The number of pyridine rings is 1. The number of nitrogens with one attached hydrogen (secondary N) is 3. The predicted molar refractivity (Wildman–Crippen MR) is 172 cm³/mol. The van der Waals surface area contributed by atoms with Crippen molar-refractivity contribution in [1.82, 2.24) is 30.1 Å². The normalized spacial score (nSPS) is 28.8. The molecule has 47 heavy (non-hydrogen) atoms. The van der Waals surface area contributed by atoms with E-state index in [0.29, 0.717) is 43.9 Å². The summed E-state index contributed by atoms with van der Waals surface area (Å²) in [5.41, 5.74) is -1.48. The molecule has 5 atom stereocenters. The lowest BCUT2D eigenvalue weighted by molar-refractivity contribution is -0.141. The van der Waals surface area contributed by atoms with E-state index in [1.165, 1.54) is 9.80 Å². The number of carbonyl (C=O) groups excluding carboxylic acids is 4. The number of hydrogen-bond donors (Lipinski definition) is 3. The van der Waals surface area contributed by atoms with E-state index in [-0.39, 0.29) is 19.4 Å². The second kappa shape index (κ2) is 13.7. The summed E-state index contributed by atoms with van der Waals surface area (Å²) >= 11 is 0. The van der Waals surface area contributed by atoms with Crippen molar-refractivity contribution in [1.29, 1.82) is 0 Å². The average Bonchev–Trinajstić information content (AvgIpc) is 3.89. The van der Waals surface area contributed by atoms with Crippen LogP contribution < -0.4 is 24.8 Å². The minimum atomic E-state index is -3.95. The highest BCUT2D eigenvalue weighted by Crippen LogP contribution is 2.47. The van der Waals surface area contributed by atoms with Gasteiger partial charge in [-0.1, -0.05) is 25.0 Å². The van der Waals surface area contributed by atoms with Gasteiger partial charge in [-0.25, -0.2) is 18.2 Å². The summed E-state index contributed by atoms with van der Waals surface area (Å²) in [6.45, 7) is 3.89. The Bertz CT molecular complexity index is 1510. The van der Waals surface area contributed by atoms with Gasteiger partial charge >= 0.3 is 6.03 Å². The maximum absolute atomic E-state index is 14.2. The van der Waals surface area contributed by atoms with Gasteiger partial charge in [-0.15, -0.1) is 0 Å². The van der Waals surface area contributed by atoms with Crippen LogP contribution in [0.25, 0.3) is 0 Å². The molecule has 0 spiro atoms. The van der Waals surface area contributed by atoms with Gasteiger partial charge in [0.15, 0.2) is 0 Å². The topological polar surface area (TPSA) is 176 Å². The third-order valence-corrected chi connectivity index (χ3v) is 11.6. The number of aromatic nitrogens is 1. The molecule has 14 nitrogen and oxygen atoms in total. The molecular formula is C32H46N6O8S. The number of ether oxygens (including phenoxy) is 2. The lowest BCUT2D eigenvalue weighted by atomic mass is 10.0. The van der Waals surface area contributed by atoms with Crippen molar-refractivity contribution in [2.24, 2.45) is 5.92 Å². The van der Waals surface area contributed by atoms with Crippen molar-refractivity contribution >= 4 is 33.8 Å². The molecule has 0 aromatic carbocycles. The van der Waals surface area contributed by atoms with Gasteiger partial charge in [-0.05, 0) is 58.4 Å². The Morgan fingerprint density at radius 2 is 1.96 bits per heavy atom. The highest BCUT2D eigenvalue weighted by molar-refractivity contribution is 7.91. The molecule has 3 fully saturated rings. The van der Waals surface area contributed by atoms with Crippen LogP contribution in [0.4, 0.5) is 4.79 Å². The first-order valence-electron chi connectivity index (χ1n) is 16.4. The zero-order chi connectivity index (χ0) is 34.0. The molecular weight excluding hydrogens is 628 g/mol. The molecule has 0 bridgehead atoms. The zero-order valence-electron chi connectivity index (χ0n) is 27.5. The molecule has 1 aromatic heterocycles. The van der Waals surface area contributed by atoms with Crippen LogP contribution in [-0.4, -0.2) is 103 Å². The molecule has 3 heterocycles. The quantitative estimate of drug-likeness (QED) is 0.348. The first-order chi connectivity index (χ1) is 22.3. The Kier molecular flexibility index (Phi) is 10.0. The van der Waals surface area contributed by atoms with Crippen molar-refractivity contribution in [3.63, 3.8) is 0 Å². The van der Waals surface area contributed by atoms with Crippen molar-refractivity contribution in [2.45, 2.75) is 100 Å². The second-order valence-corrected chi connectivity index (χ2v) is 15.6. The average molecular weight is 675 g/mol. The first-order valence-corrected chi connectivity index (χ1v) is 17.9. The number of carbonyl (C=O) groups is 4. The number of urea groups is 1. The van der Waals surface area contributed by atoms with Crippen molar-refractivity contribution in [3.8, 4) is 11.6 Å². The van der Waals surface area contributed by atoms with Gasteiger partial charge in [0.05, 0.1) is 17.9 Å². The van der Waals surface area contributed by atoms with Crippen LogP contribution in [0.15, 0.2) is 30.5 Å². The third kappa shape index (κ3) is 7.65. The van der Waals surface area contributed by atoms with E-state index < -0.39 is 68.2 Å². The summed E-state index contributed by atoms with van der Waals surface area (Å²) < 4.78 is 38.9. The summed E-state index contributed by atoms with van der Waals surface area (Å²) in [6.07, 6.45) is 9.39. The van der Waals surface area contributed by atoms with Gasteiger partial charge < -0.3 is 29.9 Å². The number of amides is 5. The smallest absolute Gasteiger partial charge is 0.317 e. The van der Waals surface area contributed by atoms with Crippen molar-refractivity contribution < 1.29 is 37.1 Å². The highest BCUT2D eigenvalue weighted by atomic mass is 32.2. The number of fused-ring (bicyclic) bond motifs is 2. The minimum absolute atomic E-state index is 0.0484. The summed E-state index contributed by atoms with van der Waals surface area (Å²) in [4.78, 5) is 61.6. The largest absolute Gasteiger partial charge is 0.488 e. The lowest BCUT2D eigenvalue weighted by Gasteiger charge is -2.30. The zero-order valence-corrected chi connectivity index (χ0v) is 28.3. The maximum Gasteiger partial charge on any atom is 0.317 e. The van der Waals surface area contributed by atoms with Gasteiger partial charge in [0.2, 0.25) is 27.7 Å². The first kappa shape index (κ1) is 34.5. The van der Waals surface area contributed by atoms with E-state index in [0.717, 1.165) is 19.3 Å². The van der Waals surface area contributed by atoms with Crippen LogP contribution >= 0.6 is 0 Å². The van der Waals surface area contributed by atoms with Gasteiger partial charge in [-0.2, -0.15) is 0 Å². The number of hydrogen-bond acceptors (Lipinski definition) is 9. The van der Waals surface area contributed by atoms with Crippen molar-refractivity contribution in [3.05, 3.63) is 30.5 Å². The highest BCUT2D eigenvalue weighted by Gasteiger charge is 2.63. The Labute approximate surface area is 276 Å². The van der Waals surface area contributed by atoms with E-state index in [1.54, 1.807) is 39.3 Å². The van der Waals surface area contributed by atoms with Crippen molar-refractivity contribution in [2.75, 3.05) is 27.2 Å².